The van der Waals surface area contributed by atoms with Gasteiger partial charge in [-0.1, -0.05) is 19.8 Å². The lowest BCUT2D eigenvalue weighted by molar-refractivity contribution is -0.205. The Hall–Kier alpha value is -0.380. The van der Waals surface area contributed by atoms with Crippen LogP contribution in [0.15, 0.2) is 12.1 Å². The Kier molecular flexibility index (Phi) is 5.49. The van der Waals surface area contributed by atoms with Gasteiger partial charge in [0.05, 0.1) is 13.2 Å². The fraction of sp³-hybridized carbons (Fsp3) is 0.714. The van der Waals surface area contributed by atoms with Crippen LogP contribution in [0.2, 0.25) is 0 Å². The normalized spacial score (nSPS) is 19.4. The van der Waals surface area contributed by atoms with Crippen molar-refractivity contribution in [2.75, 3.05) is 13.2 Å². The van der Waals surface area contributed by atoms with Gasteiger partial charge >= 0.3 is 0 Å². The lowest BCUT2D eigenvalue weighted by Crippen LogP contribution is -2.33. The van der Waals surface area contributed by atoms with E-state index >= 15 is 0 Å². The predicted molar refractivity (Wildman–Crippen MR) is 70.2 cm³/mol. The highest BCUT2D eigenvalue weighted by atomic mass is 32.1. The van der Waals surface area contributed by atoms with E-state index in [1.165, 1.54) is 24.1 Å². The Morgan fingerprint density at radius 1 is 1.47 bits per heavy atom. The molecule has 0 amide bonds. The molecule has 1 fully saturated rings. The quantitative estimate of drug-likeness (QED) is 0.770. The minimum absolute atomic E-state index is 0.0115. The molecular weight excluding hydrogens is 232 g/mol. The second-order valence-corrected chi connectivity index (χ2v) is 5.55. The van der Waals surface area contributed by atoms with Crippen molar-refractivity contribution < 1.29 is 9.47 Å². The molecule has 1 saturated heterocycles. The van der Waals surface area contributed by atoms with Crippen LogP contribution in [-0.4, -0.2) is 19.5 Å². The van der Waals surface area contributed by atoms with Crippen molar-refractivity contribution in [3.05, 3.63) is 22.4 Å². The van der Waals surface area contributed by atoms with Crippen molar-refractivity contribution in [2.45, 2.75) is 45.3 Å². The van der Waals surface area contributed by atoms with E-state index in [1.54, 1.807) is 11.3 Å². The molecule has 1 radical (unpaired) electrons. The largest absolute Gasteiger partial charge is 0.352 e. The number of rotatable bonds is 6. The second kappa shape index (κ2) is 7.14. The standard InChI is InChI=1S/C14H21O2S/c1-2-3-6-12(11-13-7-4-10-17-13)14-15-8-5-9-16-14/h4,7,12,14H,2-3,5-6,8-9,11H2,1H3. The topological polar surface area (TPSA) is 18.5 Å². The summed E-state index contributed by atoms with van der Waals surface area (Å²) in [5.41, 5.74) is 0. The average molecular weight is 253 g/mol. The molecule has 1 aliphatic rings. The van der Waals surface area contributed by atoms with Gasteiger partial charge in [0, 0.05) is 16.2 Å². The Labute approximate surface area is 108 Å². The monoisotopic (exact) mass is 253 g/mol. The molecule has 17 heavy (non-hydrogen) atoms. The molecule has 2 heterocycles. The van der Waals surface area contributed by atoms with Crippen molar-refractivity contribution in [2.24, 2.45) is 5.92 Å². The average Bonchev–Trinajstić information content (AvgIpc) is 2.88. The van der Waals surface area contributed by atoms with E-state index in [2.05, 4.69) is 18.4 Å². The molecule has 1 aromatic heterocycles. The summed E-state index contributed by atoms with van der Waals surface area (Å²) in [5.74, 6) is 0.502. The summed E-state index contributed by atoms with van der Waals surface area (Å²) in [6.45, 7) is 3.94. The SMILES string of the molecule is CCCCC(Cc1cc[c]s1)C1OCCCO1. The van der Waals surface area contributed by atoms with Crippen molar-refractivity contribution in [3.8, 4) is 0 Å². The number of hydrogen-bond donors (Lipinski definition) is 0. The second-order valence-electron chi connectivity index (χ2n) is 4.59. The summed E-state index contributed by atoms with van der Waals surface area (Å²) in [6.07, 6.45) is 5.79. The fourth-order valence-electron chi connectivity index (χ4n) is 2.22. The molecule has 2 nitrogen and oxygen atoms in total. The predicted octanol–water partition coefficient (Wildman–Crippen LogP) is 3.66. The van der Waals surface area contributed by atoms with Crippen LogP contribution in [0.5, 0.6) is 0 Å². The Balaban J connectivity index is 1.91. The lowest BCUT2D eigenvalue weighted by atomic mass is 9.96. The molecule has 3 heteroatoms. The zero-order valence-electron chi connectivity index (χ0n) is 10.5. The Morgan fingerprint density at radius 3 is 2.94 bits per heavy atom. The molecule has 1 atom stereocenters. The van der Waals surface area contributed by atoms with Crippen LogP contribution in [0, 0.1) is 11.3 Å². The van der Waals surface area contributed by atoms with Crippen molar-refractivity contribution >= 4 is 11.3 Å². The molecule has 95 valence electrons. The van der Waals surface area contributed by atoms with E-state index in [1.807, 2.05) is 6.07 Å². The van der Waals surface area contributed by atoms with Crippen molar-refractivity contribution in [3.63, 3.8) is 0 Å². The maximum Gasteiger partial charge on any atom is 0.160 e. The van der Waals surface area contributed by atoms with Crippen LogP contribution in [0.3, 0.4) is 0 Å². The van der Waals surface area contributed by atoms with Gasteiger partial charge in [0.2, 0.25) is 0 Å². The van der Waals surface area contributed by atoms with Crippen molar-refractivity contribution in [1.29, 1.82) is 0 Å². The van der Waals surface area contributed by atoms with Crippen LogP contribution < -0.4 is 0 Å². The van der Waals surface area contributed by atoms with Gasteiger partial charge in [-0.25, -0.2) is 0 Å². The third-order valence-corrected chi connectivity index (χ3v) is 3.98. The number of hydrogen-bond acceptors (Lipinski definition) is 3. The van der Waals surface area contributed by atoms with E-state index < -0.39 is 0 Å². The van der Waals surface area contributed by atoms with Gasteiger partial charge in [-0.15, -0.1) is 11.3 Å². The zero-order valence-corrected chi connectivity index (χ0v) is 11.3. The first-order valence-electron chi connectivity index (χ1n) is 6.58. The molecule has 0 N–H and O–H groups in total. The molecular formula is C14H21O2S. The fourth-order valence-corrected chi connectivity index (χ4v) is 2.94. The highest BCUT2D eigenvalue weighted by Crippen LogP contribution is 2.25. The lowest BCUT2D eigenvalue weighted by Gasteiger charge is -2.30. The van der Waals surface area contributed by atoms with E-state index in [9.17, 15) is 0 Å². The number of unbranched alkanes of at least 4 members (excludes halogenated alkanes) is 1. The molecule has 0 spiro atoms. The summed E-state index contributed by atoms with van der Waals surface area (Å²) in [7, 11) is 0. The summed E-state index contributed by atoms with van der Waals surface area (Å²) in [6, 6.07) is 4.16. The van der Waals surface area contributed by atoms with Crippen LogP contribution in [-0.2, 0) is 15.9 Å². The highest BCUT2D eigenvalue weighted by Gasteiger charge is 2.25. The first-order chi connectivity index (χ1) is 8.40. The van der Waals surface area contributed by atoms with Gasteiger partial charge in [0.25, 0.3) is 0 Å². The summed E-state index contributed by atoms with van der Waals surface area (Å²) in [4.78, 5) is 1.39. The molecule has 1 unspecified atom stereocenters. The van der Waals surface area contributed by atoms with Gasteiger partial charge < -0.3 is 9.47 Å². The molecule has 1 aromatic rings. The summed E-state index contributed by atoms with van der Waals surface area (Å²) < 4.78 is 11.5. The minimum atomic E-state index is 0.0115. The molecule has 2 rings (SSSR count). The first-order valence-corrected chi connectivity index (χ1v) is 7.39. The van der Waals surface area contributed by atoms with Gasteiger partial charge in [-0.3, -0.25) is 0 Å². The summed E-state index contributed by atoms with van der Waals surface area (Å²) >= 11 is 1.71. The Morgan fingerprint density at radius 2 is 2.29 bits per heavy atom. The van der Waals surface area contributed by atoms with Gasteiger partial charge in [-0.05, 0) is 31.4 Å². The van der Waals surface area contributed by atoms with E-state index in [4.69, 9.17) is 9.47 Å². The van der Waals surface area contributed by atoms with Gasteiger partial charge in [-0.2, -0.15) is 0 Å². The third-order valence-electron chi connectivity index (χ3n) is 3.16. The van der Waals surface area contributed by atoms with E-state index in [-0.39, 0.29) is 6.29 Å². The van der Waals surface area contributed by atoms with Crippen LogP contribution in [0.1, 0.15) is 37.5 Å². The molecule has 0 aromatic carbocycles. The maximum atomic E-state index is 5.76. The number of ether oxygens (including phenoxy) is 2. The molecule has 0 saturated carbocycles. The zero-order chi connectivity index (χ0) is 11.9. The van der Waals surface area contributed by atoms with E-state index in [0.29, 0.717) is 5.92 Å². The Bertz CT molecular complexity index is 291. The molecule has 1 aliphatic heterocycles. The van der Waals surface area contributed by atoms with Crippen LogP contribution >= 0.6 is 11.3 Å². The van der Waals surface area contributed by atoms with Gasteiger partial charge in [0.15, 0.2) is 6.29 Å². The summed E-state index contributed by atoms with van der Waals surface area (Å²) in [5, 5.41) is 3.15. The smallest absolute Gasteiger partial charge is 0.160 e. The molecule has 0 bridgehead atoms. The first kappa shape index (κ1) is 13.1. The van der Waals surface area contributed by atoms with Crippen LogP contribution in [0.4, 0.5) is 0 Å². The third kappa shape index (κ3) is 4.09. The minimum Gasteiger partial charge on any atom is -0.352 e. The number of thiophene rings is 1. The highest BCUT2D eigenvalue weighted by molar-refractivity contribution is 7.09. The molecule has 0 aliphatic carbocycles. The van der Waals surface area contributed by atoms with Crippen molar-refractivity contribution in [1.82, 2.24) is 0 Å². The van der Waals surface area contributed by atoms with E-state index in [0.717, 1.165) is 26.1 Å². The van der Waals surface area contributed by atoms with Crippen LogP contribution in [0.25, 0.3) is 0 Å². The maximum absolute atomic E-state index is 5.76. The van der Waals surface area contributed by atoms with Gasteiger partial charge in [0.1, 0.15) is 0 Å².